The van der Waals surface area contributed by atoms with Crippen LogP contribution in [0.25, 0.3) is 0 Å². The number of furan rings is 1. The van der Waals surface area contributed by atoms with Gasteiger partial charge in [-0.2, -0.15) is 9.98 Å². The van der Waals surface area contributed by atoms with E-state index in [1.54, 1.807) is 18.2 Å². The number of nitriles is 1. The highest BCUT2D eigenvalue weighted by Crippen LogP contribution is 2.13. The molecule has 0 aliphatic heterocycles. The molecule has 1 atom stereocenters. The maximum absolute atomic E-state index is 12.2. The van der Waals surface area contributed by atoms with E-state index < -0.39 is 34.5 Å². The number of sulfonamides is 1. The summed E-state index contributed by atoms with van der Waals surface area (Å²) in [7, 11) is -4.08. The van der Waals surface area contributed by atoms with Crippen molar-refractivity contribution >= 4 is 21.9 Å². The molecule has 10 heteroatoms. The second-order valence-electron chi connectivity index (χ2n) is 5.36. The minimum atomic E-state index is -4.08. The van der Waals surface area contributed by atoms with E-state index in [4.69, 9.17) is 14.4 Å². The fraction of sp³-hybridized carbons (Fsp3) is 0.235. The van der Waals surface area contributed by atoms with E-state index in [0.29, 0.717) is 5.76 Å². The summed E-state index contributed by atoms with van der Waals surface area (Å²) >= 11 is 0. The summed E-state index contributed by atoms with van der Waals surface area (Å²) in [5, 5.41) is 11.5. The van der Waals surface area contributed by atoms with Crippen molar-refractivity contribution in [3.05, 3.63) is 54.0 Å². The Hall–Kier alpha value is -3.16. The van der Waals surface area contributed by atoms with E-state index >= 15 is 0 Å². The lowest BCUT2D eigenvalue weighted by Gasteiger charge is -2.13. The molecule has 2 aromatic rings. The first-order valence-electron chi connectivity index (χ1n) is 7.82. The highest BCUT2D eigenvalue weighted by atomic mass is 32.2. The first-order chi connectivity index (χ1) is 12.8. The summed E-state index contributed by atoms with van der Waals surface area (Å²) in [6.45, 7) is 0.804. The Morgan fingerprint density at radius 3 is 2.67 bits per heavy atom. The number of ether oxygens (including phenoxy) is 1. The third-order valence-corrected chi connectivity index (χ3v) is 4.86. The number of hydrogen-bond donors (Lipinski definition) is 2. The molecule has 1 aromatic carbocycles. The number of carbonyl (C=O) groups is 2. The molecule has 0 aliphatic rings. The predicted octanol–water partition coefficient (Wildman–Crippen LogP) is 0.678. The van der Waals surface area contributed by atoms with E-state index in [2.05, 4.69) is 5.32 Å². The molecule has 2 rings (SSSR count). The largest absolute Gasteiger partial charge is 0.467 e. The van der Waals surface area contributed by atoms with E-state index in [1.165, 1.54) is 37.5 Å². The van der Waals surface area contributed by atoms with Gasteiger partial charge < -0.3 is 14.5 Å². The molecule has 0 unspecified atom stereocenters. The number of amides is 1. The van der Waals surface area contributed by atoms with Crippen LogP contribution in [-0.2, 0) is 30.9 Å². The molecule has 0 saturated carbocycles. The molecule has 2 N–H and O–H groups in total. The lowest BCUT2D eigenvalue weighted by atomic mass is 10.2. The quantitative estimate of drug-likeness (QED) is 0.631. The molecule has 0 spiro atoms. The van der Waals surface area contributed by atoms with Gasteiger partial charge in [-0.3, -0.25) is 9.59 Å². The van der Waals surface area contributed by atoms with Crippen molar-refractivity contribution in [3.63, 3.8) is 0 Å². The van der Waals surface area contributed by atoms with Gasteiger partial charge in [-0.25, -0.2) is 8.42 Å². The van der Waals surface area contributed by atoms with Gasteiger partial charge >= 0.3 is 5.97 Å². The molecule has 0 radical (unpaired) electrons. The standard InChI is InChI=1S/C17H17N3O6S/c1-12(17(22)19-10-14-6-4-8-25-14)26-16(21)11-20-27(23,24)15-7-3-2-5-13(15)9-18/h2-8,12,20H,10-11H2,1H3,(H,19,22)/t12-/m0/s1. The Morgan fingerprint density at radius 2 is 2.00 bits per heavy atom. The van der Waals surface area contributed by atoms with Gasteiger partial charge in [-0.15, -0.1) is 0 Å². The van der Waals surface area contributed by atoms with Crippen molar-refractivity contribution in [2.75, 3.05) is 6.54 Å². The van der Waals surface area contributed by atoms with Gasteiger partial charge in [0.15, 0.2) is 6.10 Å². The molecular formula is C17H17N3O6S. The van der Waals surface area contributed by atoms with Crippen LogP contribution in [0.4, 0.5) is 0 Å². The van der Waals surface area contributed by atoms with Crippen molar-refractivity contribution in [3.8, 4) is 6.07 Å². The van der Waals surface area contributed by atoms with Gasteiger partial charge in [0.1, 0.15) is 18.4 Å². The van der Waals surface area contributed by atoms with Gasteiger partial charge in [0.2, 0.25) is 10.0 Å². The first kappa shape index (κ1) is 20.2. The fourth-order valence-electron chi connectivity index (χ4n) is 2.05. The van der Waals surface area contributed by atoms with Crippen molar-refractivity contribution < 1.29 is 27.2 Å². The van der Waals surface area contributed by atoms with E-state index in [1.807, 2.05) is 4.72 Å². The number of hydrogen-bond acceptors (Lipinski definition) is 7. The zero-order valence-corrected chi connectivity index (χ0v) is 15.2. The first-order valence-corrected chi connectivity index (χ1v) is 9.30. The number of esters is 1. The van der Waals surface area contributed by atoms with Crippen LogP contribution in [0, 0.1) is 11.3 Å². The molecule has 142 valence electrons. The third kappa shape index (κ3) is 5.67. The summed E-state index contributed by atoms with van der Waals surface area (Å²) in [5.74, 6) is -0.961. The molecule has 27 heavy (non-hydrogen) atoms. The fourth-order valence-corrected chi connectivity index (χ4v) is 3.17. The van der Waals surface area contributed by atoms with Crippen LogP contribution in [-0.4, -0.2) is 32.9 Å². The summed E-state index contributed by atoms with van der Waals surface area (Å²) in [5.41, 5.74) is -0.0518. The Morgan fingerprint density at radius 1 is 1.26 bits per heavy atom. The molecule has 1 aromatic heterocycles. The minimum absolute atomic E-state index is 0.0518. The monoisotopic (exact) mass is 391 g/mol. The number of nitrogens with one attached hydrogen (secondary N) is 2. The topological polar surface area (TPSA) is 138 Å². The average Bonchev–Trinajstić information content (AvgIpc) is 3.18. The Labute approximate surface area is 156 Å². The van der Waals surface area contributed by atoms with Crippen LogP contribution in [0.2, 0.25) is 0 Å². The smallest absolute Gasteiger partial charge is 0.321 e. The summed E-state index contributed by atoms with van der Waals surface area (Å²) in [4.78, 5) is 23.4. The molecule has 0 saturated heterocycles. The lowest BCUT2D eigenvalue weighted by molar-refractivity contribution is -0.153. The molecule has 1 heterocycles. The zero-order chi connectivity index (χ0) is 19.9. The van der Waals surface area contributed by atoms with E-state index in [-0.39, 0.29) is 17.0 Å². The summed E-state index contributed by atoms with van der Waals surface area (Å²) in [6.07, 6.45) is 0.338. The van der Waals surface area contributed by atoms with Crippen LogP contribution >= 0.6 is 0 Å². The maximum atomic E-state index is 12.2. The van der Waals surface area contributed by atoms with E-state index in [9.17, 15) is 18.0 Å². The van der Waals surface area contributed by atoms with Gasteiger partial charge in [-0.1, -0.05) is 12.1 Å². The van der Waals surface area contributed by atoms with Crippen LogP contribution in [0.1, 0.15) is 18.2 Å². The van der Waals surface area contributed by atoms with Crippen molar-refractivity contribution in [1.82, 2.24) is 10.0 Å². The van der Waals surface area contributed by atoms with Crippen LogP contribution < -0.4 is 10.0 Å². The van der Waals surface area contributed by atoms with Crippen LogP contribution in [0.3, 0.4) is 0 Å². The lowest BCUT2D eigenvalue weighted by Crippen LogP contribution is -2.38. The Balaban J connectivity index is 1.86. The molecule has 9 nitrogen and oxygen atoms in total. The van der Waals surface area contributed by atoms with Gasteiger partial charge in [0, 0.05) is 0 Å². The SMILES string of the molecule is C[C@H](OC(=O)CNS(=O)(=O)c1ccccc1C#N)C(=O)NCc1ccco1. The number of nitrogens with zero attached hydrogens (tertiary/aromatic N) is 1. The second-order valence-corrected chi connectivity index (χ2v) is 7.10. The summed E-state index contributed by atoms with van der Waals surface area (Å²) < 4.78 is 36.4. The molecule has 0 aliphatic carbocycles. The normalized spacial score (nSPS) is 12.0. The summed E-state index contributed by atoms with van der Waals surface area (Å²) in [6, 6.07) is 10.7. The second kappa shape index (κ2) is 8.98. The van der Waals surface area contributed by atoms with Gasteiger partial charge in [0.05, 0.1) is 23.3 Å². The molecule has 1 amide bonds. The molecule has 0 fully saturated rings. The van der Waals surface area contributed by atoms with Crippen molar-refractivity contribution in [2.45, 2.75) is 24.5 Å². The highest BCUT2D eigenvalue weighted by Gasteiger charge is 2.22. The highest BCUT2D eigenvalue weighted by molar-refractivity contribution is 7.89. The number of carbonyl (C=O) groups excluding carboxylic acids is 2. The van der Waals surface area contributed by atoms with Crippen LogP contribution in [0.5, 0.6) is 0 Å². The third-order valence-electron chi connectivity index (χ3n) is 3.40. The maximum Gasteiger partial charge on any atom is 0.321 e. The minimum Gasteiger partial charge on any atom is -0.467 e. The Bertz CT molecular complexity index is 947. The van der Waals surface area contributed by atoms with Gasteiger partial charge in [-0.05, 0) is 31.2 Å². The number of benzene rings is 1. The molecule has 0 bridgehead atoms. The molecular weight excluding hydrogens is 374 g/mol. The average molecular weight is 391 g/mol. The zero-order valence-electron chi connectivity index (χ0n) is 14.3. The van der Waals surface area contributed by atoms with Crippen LogP contribution in [0.15, 0.2) is 52.0 Å². The number of rotatable bonds is 8. The van der Waals surface area contributed by atoms with E-state index in [0.717, 1.165) is 0 Å². The van der Waals surface area contributed by atoms with Crippen molar-refractivity contribution in [1.29, 1.82) is 5.26 Å². The van der Waals surface area contributed by atoms with Crippen molar-refractivity contribution in [2.24, 2.45) is 0 Å². The predicted molar refractivity (Wildman–Crippen MR) is 92.5 cm³/mol. The Kier molecular flexibility index (Phi) is 6.70. The van der Waals surface area contributed by atoms with Gasteiger partial charge in [0.25, 0.3) is 5.91 Å².